The fourth-order valence-corrected chi connectivity index (χ4v) is 2.71. The fraction of sp³-hybridized carbons (Fsp3) is 0.333. The van der Waals surface area contributed by atoms with Gasteiger partial charge in [-0.15, -0.1) is 0 Å². The zero-order valence-corrected chi connectivity index (χ0v) is 15.9. The minimum atomic E-state index is -0.625. The lowest BCUT2D eigenvalue weighted by molar-refractivity contribution is -0.140. The van der Waals surface area contributed by atoms with Crippen molar-refractivity contribution in [1.29, 1.82) is 0 Å². The zero-order valence-electron chi connectivity index (χ0n) is 15.9. The predicted molar refractivity (Wildman–Crippen MR) is 102 cm³/mol. The molecule has 0 aliphatic heterocycles. The van der Waals surface area contributed by atoms with E-state index in [0.717, 1.165) is 11.3 Å². The number of rotatable bonds is 8. The molecule has 1 atom stereocenters. The Balaban J connectivity index is 2.20. The number of halogens is 1. The Hall–Kier alpha value is -2.89. The summed E-state index contributed by atoms with van der Waals surface area (Å²) in [7, 11) is 1.59. The van der Waals surface area contributed by atoms with Crippen LogP contribution in [0.3, 0.4) is 0 Å². The second-order valence-corrected chi connectivity index (χ2v) is 6.24. The predicted octanol–water partition coefficient (Wildman–Crippen LogP) is 2.93. The molecule has 1 unspecified atom stereocenters. The first-order chi connectivity index (χ1) is 12.9. The molecule has 1 N–H and O–H groups in total. The molecule has 0 saturated heterocycles. The number of hydrogen-bond donors (Lipinski definition) is 1. The molecule has 2 amide bonds. The van der Waals surface area contributed by atoms with Gasteiger partial charge in [-0.2, -0.15) is 0 Å². The van der Waals surface area contributed by atoms with E-state index in [1.807, 2.05) is 31.2 Å². The van der Waals surface area contributed by atoms with E-state index in [9.17, 15) is 14.0 Å². The third-order valence-corrected chi connectivity index (χ3v) is 4.30. The maximum Gasteiger partial charge on any atom is 0.242 e. The number of carbonyl (C=O) groups excluding carboxylic acids is 2. The molecule has 2 aromatic rings. The Morgan fingerprint density at radius 1 is 1.07 bits per heavy atom. The van der Waals surface area contributed by atoms with Crippen LogP contribution in [0.5, 0.6) is 5.75 Å². The van der Waals surface area contributed by atoms with Crippen LogP contribution in [-0.4, -0.2) is 36.4 Å². The van der Waals surface area contributed by atoms with Gasteiger partial charge in [0.2, 0.25) is 11.8 Å². The van der Waals surface area contributed by atoms with Crippen LogP contribution in [0.15, 0.2) is 48.5 Å². The molecule has 6 heteroatoms. The van der Waals surface area contributed by atoms with Crippen molar-refractivity contribution in [2.75, 3.05) is 13.7 Å². The third-order valence-electron chi connectivity index (χ3n) is 4.30. The molecule has 0 spiro atoms. The van der Waals surface area contributed by atoms with Crippen LogP contribution in [0, 0.1) is 5.82 Å². The molecule has 0 radical (unpaired) electrons. The van der Waals surface area contributed by atoms with Gasteiger partial charge in [-0.3, -0.25) is 9.59 Å². The van der Waals surface area contributed by atoms with Crippen molar-refractivity contribution >= 4 is 11.8 Å². The van der Waals surface area contributed by atoms with Crippen LogP contribution in [-0.2, 0) is 22.6 Å². The fourth-order valence-electron chi connectivity index (χ4n) is 2.71. The molecular weight excluding hydrogens is 347 g/mol. The SMILES string of the molecule is CCNC(=O)C(C)N(Cc1ccc(OC)cc1)C(=O)Cc1ccc(F)cc1. The monoisotopic (exact) mass is 372 g/mol. The topological polar surface area (TPSA) is 58.6 Å². The van der Waals surface area contributed by atoms with E-state index in [0.29, 0.717) is 18.7 Å². The zero-order chi connectivity index (χ0) is 19.8. The summed E-state index contributed by atoms with van der Waals surface area (Å²) in [6, 6.07) is 12.5. The highest BCUT2D eigenvalue weighted by molar-refractivity contribution is 5.88. The number of likely N-dealkylation sites (N-methyl/N-ethyl adjacent to an activating group) is 1. The van der Waals surface area contributed by atoms with Crippen molar-refractivity contribution in [3.63, 3.8) is 0 Å². The number of carbonyl (C=O) groups is 2. The lowest BCUT2D eigenvalue weighted by Gasteiger charge is -2.29. The van der Waals surface area contributed by atoms with Gasteiger partial charge in [-0.25, -0.2) is 4.39 Å². The molecule has 0 heterocycles. The molecule has 5 nitrogen and oxygen atoms in total. The molecule has 2 rings (SSSR count). The number of benzene rings is 2. The molecule has 2 aromatic carbocycles. The Bertz CT molecular complexity index is 760. The van der Waals surface area contributed by atoms with E-state index in [-0.39, 0.29) is 24.1 Å². The van der Waals surface area contributed by atoms with Crippen molar-refractivity contribution in [2.45, 2.75) is 32.9 Å². The normalized spacial score (nSPS) is 11.6. The second kappa shape index (κ2) is 9.71. The minimum absolute atomic E-state index is 0.0974. The lowest BCUT2D eigenvalue weighted by Crippen LogP contribution is -2.48. The van der Waals surface area contributed by atoms with Crippen molar-refractivity contribution < 1.29 is 18.7 Å². The van der Waals surface area contributed by atoms with Crippen molar-refractivity contribution in [3.05, 3.63) is 65.5 Å². The van der Waals surface area contributed by atoms with Crippen molar-refractivity contribution in [2.24, 2.45) is 0 Å². The highest BCUT2D eigenvalue weighted by Crippen LogP contribution is 2.16. The van der Waals surface area contributed by atoms with Crippen LogP contribution in [0.4, 0.5) is 4.39 Å². The summed E-state index contributed by atoms with van der Waals surface area (Å²) in [4.78, 5) is 26.7. The molecule has 0 bridgehead atoms. The quantitative estimate of drug-likeness (QED) is 0.775. The molecule has 0 saturated carbocycles. The van der Waals surface area contributed by atoms with E-state index in [1.165, 1.54) is 17.0 Å². The first-order valence-electron chi connectivity index (χ1n) is 8.89. The minimum Gasteiger partial charge on any atom is -0.497 e. The molecule has 0 aliphatic rings. The van der Waals surface area contributed by atoms with Gasteiger partial charge in [0.25, 0.3) is 0 Å². The standard InChI is InChI=1S/C21H25FN2O3/c1-4-23-21(26)15(2)24(14-17-7-11-19(27-3)12-8-17)20(25)13-16-5-9-18(22)10-6-16/h5-12,15H,4,13-14H2,1-3H3,(H,23,26). The summed E-state index contributed by atoms with van der Waals surface area (Å²) in [5.41, 5.74) is 1.59. The number of ether oxygens (including phenoxy) is 1. The summed E-state index contributed by atoms with van der Waals surface area (Å²) in [6.45, 7) is 4.32. The largest absolute Gasteiger partial charge is 0.497 e. The molecule has 0 aromatic heterocycles. The van der Waals surface area contributed by atoms with E-state index in [1.54, 1.807) is 26.2 Å². The molecule has 0 aliphatic carbocycles. The highest BCUT2D eigenvalue weighted by atomic mass is 19.1. The van der Waals surface area contributed by atoms with Gasteiger partial charge in [0.05, 0.1) is 13.5 Å². The summed E-state index contributed by atoms with van der Waals surface area (Å²) in [6.07, 6.45) is 0.0974. The van der Waals surface area contributed by atoms with Crippen LogP contribution in [0.2, 0.25) is 0 Å². The molecule has 144 valence electrons. The van der Waals surface area contributed by atoms with Crippen LogP contribution < -0.4 is 10.1 Å². The average molecular weight is 372 g/mol. The highest BCUT2D eigenvalue weighted by Gasteiger charge is 2.25. The van der Waals surface area contributed by atoms with E-state index < -0.39 is 6.04 Å². The first-order valence-corrected chi connectivity index (χ1v) is 8.89. The van der Waals surface area contributed by atoms with Gasteiger partial charge in [-0.05, 0) is 49.2 Å². The second-order valence-electron chi connectivity index (χ2n) is 6.24. The van der Waals surface area contributed by atoms with Crippen molar-refractivity contribution in [1.82, 2.24) is 10.2 Å². The Kier molecular flexibility index (Phi) is 7.34. The van der Waals surface area contributed by atoms with Gasteiger partial charge in [0, 0.05) is 13.1 Å². The van der Waals surface area contributed by atoms with Crippen LogP contribution >= 0.6 is 0 Å². The molecular formula is C21H25FN2O3. The Morgan fingerprint density at radius 3 is 2.22 bits per heavy atom. The number of amides is 2. The molecule has 27 heavy (non-hydrogen) atoms. The van der Waals surface area contributed by atoms with Gasteiger partial charge < -0.3 is 15.0 Å². The smallest absolute Gasteiger partial charge is 0.242 e. The summed E-state index contributed by atoms with van der Waals surface area (Å²) < 4.78 is 18.2. The lowest BCUT2D eigenvalue weighted by atomic mass is 10.1. The summed E-state index contributed by atoms with van der Waals surface area (Å²) in [5.74, 6) is -0.0358. The van der Waals surface area contributed by atoms with Gasteiger partial charge >= 0.3 is 0 Å². The van der Waals surface area contributed by atoms with Gasteiger partial charge in [0.1, 0.15) is 17.6 Å². The van der Waals surface area contributed by atoms with E-state index >= 15 is 0 Å². The summed E-state index contributed by atoms with van der Waals surface area (Å²) in [5, 5.41) is 2.75. The van der Waals surface area contributed by atoms with Gasteiger partial charge in [0.15, 0.2) is 0 Å². The number of nitrogens with one attached hydrogen (secondary N) is 1. The maximum atomic E-state index is 13.1. The average Bonchev–Trinajstić information content (AvgIpc) is 2.68. The van der Waals surface area contributed by atoms with Crippen LogP contribution in [0.1, 0.15) is 25.0 Å². The maximum absolute atomic E-state index is 13.1. The number of methoxy groups -OCH3 is 1. The van der Waals surface area contributed by atoms with Crippen molar-refractivity contribution in [3.8, 4) is 5.75 Å². The number of hydrogen-bond acceptors (Lipinski definition) is 3. The third kappa shape index (κ3) is 5.81. The Labute approximate surface area is 159 Å². The number of nitrogens with zero attached hydrogens (tertiary/aromatic N) is 1. The summed E-state index contributed by atoms with van der Waals surface area (Å²) >= 11 is 0. The van der Waals surface area contributed by atoms with Crippen LogP contribution in [0.25, 0.3) is 0 Å². The van der Waals surface area contributed by atoms with Gasteiger partial charge in [-0.1, -0.05) is 24.3 Å². The Morgan fingerprint density at radius 2 is 1.67 bits per heavy atom. The van der Waals surface area contributed by atoms with E-state index in [2.05, 4.69) is 5.32 Å². The van der Waals surface area contributed by atoms with E-state index in [4.69, 9.17) is 4.74 Å². The first kappa shape index (κ1) is 20.4. The molecule has 0 fully saturated rings.